The van der Waals surface area contributed by atoms with E-state index in [-0.39, 0.29) is 5.54 Å². The minimum absolute atomic E-state index is 0.214. The van der Waals surface area contributed by atoms with E-state index in [9.17, 15) is 8.42 Å². The van der Waals surface area contributed by atoms with E-state index >= 15 is 0 Å². The Kier molecular flexibility index (Phi) is 2.60. The Hall–Kier alpha value is -0.910. The fourth-order valence-corrected chi connectivity index (χ4v) is 6.11. The highest BCUT2D eigenvalue weighted by Crippen LogP contribution is 2.53. The zero-order valence-electron chi connectivity index (χ0n) is 11.7. The van der Waals surface area contributed by atoms with E-state index in [1.165, 1.54) is 11.1 Å². The first-order chi connectivity index (χ1) is 9.55. The molecule has 1 aromatic rings. The second-order valence-corrected chi connectivity index (χ2v) is 8.05. The summed E-state index contributed by atoms with van der Waals surface area (Å²) in [7, 11) is -3.27. The average molecular weight is 292 g/mol. The largest absolute Gasteiger partial charge is 0.280 e. The van der Waals surface area contributed by atoms with Crippen molar-refractivity contribution in [1.82, 2.24) is 9.03 Å². The van der Waals surface area contributed by atoms with Crippen LogP contribution in [0, 0.1) is 11.8 Å². The Morgan fingerprint density at radius 1 is 1.25 bits per heavy atom. The van der Waals surface area contributed by atoms with Crippen LogP contribution in [0.15, 0.2) is 24.3 Å². The monoisotopic (exact) mass is 292 g/mol. The highest BCUT2D eigenvalue weighted by atomic mass is 32.2. The second-order valence-electron chi connectivity index (χ2n) is 6.38. The number of rotatable bonds is 1. The van der Waals surface area contributed by atoms with Crippen LogP contribution in [-0.4, -0.2) is 31.4 Å². The molecule has 2 fully saturated rings. The molecule has 0 radical (unpaired) electrons. The van der Waals surface area contributed by atoms with E-state index in [0.717, 1.165) is 19.3 Å². The highest BCUT2D eigenvalue weighted by molar-refractivity contribution is 7.87. The lowest BCUT2D eigenvalue weighted by atomic mass is 9.57. The Labute approximate surface area is 120 Å². The van der Waals surface area contributed by atoms with Gasteiger partial charge in [0.25, 0.3) is 10.2 Å². The molecule has 1 N–H and O–H groups in total. The van der Waals surface area contributed by atoms with Crippen LogP contribution in [0.1, 0.15) is 24.5 Å². The first-order valence-corrected chi connectivity index (χ1v) is 8.85. The minimum atomic E-state index is -3.27. The minimum Gasteiger partial charge on any atom is -0.195 e. The number of nitrogens with one attached hydrogen (secondary N) is 1. The summed E-state index contributed by atoms with van der Waals surface area (Å²) < 4.78 is 29.1. The summed E-state index contributed by atoms with van der Waals surface area (Å²) in [6.45, 7) is 3.12. The van der Waals surface area contributed by atoms with Crippen LogP contribution in [0.4, 0.5) is 0 Å². The van der Waals surface area contributed by atoms with E-state index in [1.807, 2.05) is 6.92 Å². The van der Waals surface area contributed by atoms with Crippen LogP contribution in [0.25, 0.3) is 0 Å². The van der Waals surface area contributed by atoms with Crippen LogP contribution in [0.2, 0.25) is 0 Å². The summed E-state index contributed by atoms with van der Waals surface area (Å²) in [5.74, 6) is 0.893. The van der Waals surface area contributed by atoms with Crippen molar-refractivity contribution in [2.75, 3.05) is 13.1 Å². The third kappa shape index (κ3) is 1.57. The smallest absolute Gasteiger partial charge is 0.195 e. The van der Waals surface area contributed by atoms with Gasteiger partial charge < -0.3 is 0 Å². The molecule has 1 aromatic carbocycles. The van der Waals surface area contributed by atoms with Crippen LogP contribution in [-0.2, 0) is 23.1 Å². The van der Waals surface area contributed by atoms with Gasteiger partial charge in [-0.15, -0.1) is 0 Å². The van der Waals surface area contributed by atoms with E-state index in [4.69, 9.17) is 0 Å². The van der Waals surface area contributed by atoms with Crippen LogP contribution in [0.3, 0.4) is 0 Å². The maximum Gasteiger partial charge on any atom is 0.280 e. The standard InChI is InChI=1S/C15H20N2O2S/c1-2-17-10-15(16-20(17,18)19)13-7-11-5-3-4-6-12(11)8-14(15)9-13/h3-6,13-14,16H,2,7-10H2,1H3. The van der Waals surface area contributed by atoms with Gasteiger partial charge >= 0.3 is 0 Å². The van der Waals surface area contributed by atoms with Gasteiger partial charge in [0.1, 0.15) is 0 Å². The molecule has 2 atom stereocenters. The van der Waals surface area contributed by atoms with Crippen molar-refractivity contribution < 1.29 is 8.42 Å². The fourth-order valence-electron chi connectivity index (χ4n) is 4.37. The summed E-state index contributed by atoms with van der Waals surface area (Å²) in [5, 5.41) is 0. The molecule has 108 valence electrons. The maximum atomic E-state index is 12.2. The lowest BCUT2D eigenvalue weighted by Gasteiger charge is -2.52. The number of likely N-dealkylation sites (N-methyl/N-ethyl adjacent to an activating group) is 1. The first kappa shape index (κ1) is 12.8. The lowest BCUT2D eigenvalue weighted by molar-refractivity contribution is 0.0266. The van der Waals surface area contributed by atoms with E-state index < -0.39 is 10.2 Å². The molecule has 4 nitrogen and oxygen atoms in total. The lowest BCUT2D eigenvalue weighted by Crippen LogP contribution is -2.64. The molecular formula is C15H20N2O2S. The molecule has 0 amide bonds. The number of hydrogen-bond donors (Lipinski definition) is 1. The molecule has 2 bridgehead atoms. The number of hydrogen-bond acceptors (Lipinski definition) is 2. The third-order valence-corrected chi connectivity index (χ3v) is 7.23. The van der Waals surface area contributed by atoms with Gasteiger partial charge in [-0.2, -0.15) is 17.4 Å². The predicted molar refractivity (Wildman–Crippen MR) is 77.5 cm³/mol. The van der Waals surface area contributed by atoms with Crippen LogP contribution < -0.4 is 4.72 Å². The summed E-state index contributed by atoms with van der Waals surface area (Å²) in [4.78, 5) is 0. The fraction of sp³-hybridized carbons (Fsp3) is 0.600. The van der Waals surface area contributed by atoms with Gasteiger partial charge in [0, 0.05) is 13.1 Å². The van der Waals surface area contributed by atoms with Crippen molar-refractivity contribution in [2.24, 2.45) is 11.8 Å². The molecule has 0 aromatic heterocycles. The topological polar surface area (TPSA) is 49.4 Å². The van der Waals surface area contributed by atoms with Crippen LogP contribution in [0.5, 0.6) is 0 Å². The Balaban J connectivity index is 1.71. The average Bonchev–Trinajstić information content (AvgIpc) is 2.57. The molecule has 5 heteroatoms. The molecule has 4 aliphatic rings. The SMILES string of the molecule is CCN1CC2(NS1(=O)=O)C1Cc3ccccc3CC2C1. The zero-order valence-corrected chi connectivity index (χ0v) is 12.5. The molecule has 1 aliphatic heterocycles. The predicted octanol–water partition coefficient (Wildman–Crippen LogP) is 1.33. The van der Waals surface area contributed by atoms with Gasteiger partial charge in [-0.05, 0) is 42.2 Å². The molecule has 3 aliphatic carbocycles. The van der Waals surface area contributed by atoms with Crippen molar-refractivity contribution >= 4 is 10.2 Å². The summed E-state index contributed by atoms with van der Waals surface area (Å²) >= 11 is 0. The van der Waals surface area contributed by atoms with E-state index in [0.29, 0.717) is 24.9 Å². The molecule has 1 saturated carbocycles. The zero-order chi connectivity index (χ0) is 14.0. The van der Waals surface area contributed by atoms with Crippen molar-refractivity contribution in [3.8, 4) is 0 Å². The molecule has 2 unspecified atom stereocenters. The quantitative estimate of drug-likeness (QED) is 0.849. The molecule has 1 heterocycles. The van der Waals surface area contributed by atoms with Crippen molar-refractivity contribution in [3.05, 3.63) is 35.4 Å². The van der Waals surface area contributed by atoms with Gasteiger partial charge in [0.2, 0.25) is 0 Å². The number of nitrogens with zero attached hydrogens (tertiary/aromatic N) is 1. The molecule has 1 saturated heterocycles. The maximum absolute atomic E-state index is 12.2. The van der Waals surface area contributed by atoms with Crippen molar-refractivity contribution in [1.29, 1.82) is 0 Å². The van der Waals surface area contributed by atoms with Gasteiger partial charge in [-0.1, -0.05) is 31.2 Å². The summed E-state index contributed by atoms with van der Waals surface area (Å²) in [5.41, 5.74) is 2.60. The third-order valence-electron chi connectivity index (χ3n) is 5.53. The van der Waals surface area contributed by atoms with Gasteiger partial charge in [-0.25, -0.2) is 0 Å². The number of benzene rings is 1. The van der Waals surface area contributed by atoms with Crippen molar-refractivity contribution in [2.45, 2.75) is 31.7 Å². The van der Waals surface area contributed by atoms with Crippen LogP contribution >= 0.6 is 0 Å². The Morgan fingerprint density at radius 3 is 2.35 bits per heavy atom. The van der Waals surface area contributed by atoms with Crippen molar-refractivity contribution in [3.63, 3.8) is 0 Å². The Bertz CT molecular complexity index is 625. The van der Waals surface area contributed by atoms with E-state index in [2.05, 4.69) is 29.0 Å². The molecule has 20 heavy (non-hydrogen) atoms. The second kappa shape index (κ2) is 4.06. The molecule has 5 rings (SSSR count). The van der Waals surface area contributed by atoms with Gasteiger partial charge in [0.15, 0.2) is 0 Å². The molecular weight excluding hydrogens is 272 g/mol. The normalized spacial score (nSPS) is 38.2. The summed E-state index contributed by atoms with van der Waals surface area (Å²) in [6.07, 6.45) is 3.16. The highest BCUT2D eigenvalue weighted by Gasteiger charge is 2.62. The van der Waals surface area contributed by atoms with Gasteiger partial charge in [0.05, 0.1) is 5.54 Å². The first-order valence-electron chi connectivity index (χ1n) is 7.41. The Morgan fingerprint density at radius 2 is 1.85 bits per heavy atom. The van der Waals surface area contributed by atoms with Gasteiger partial charge in [-0.3, -0.25) is 0 Å². The van der Waals surface area contributed by atoms with E-state index in [1.54, 1.807) is 4.31 Å². The molecule has 1 spiro atoms. The summed E-state index contributed by atoms with van der Waals surface area (Å²) in [6, 6.07) is 8.58.